The Labute approximate surface area is 200 Å². The molecular formula is C21H41N7O6. The second kappa shape index (κ2) is 16.8. The largest absolute Gasteiger partial charge is 0.480 e. The lowest BCUT2D eigenvalue weighted by molar-refractivity contribution is -0.142. The number of aliphatic carboxylic acids is 1. The van der Waals surface area contributed by atoms with Crippen LogP contribution in [0.25, 0.3) is 0 Å². The van der Waals surface area contributed by atoms with E-state index >= 15 is 0 Å². The number of hydrogen-bond acceptors (Lipinski definition) is 8. The van der Waals surface area contributed by atoms with Crippen LogP contribution in [-0.2, 0) is 24.0 Å². The molecule has 0 aliphatic carbocycles. The number of carboxylic acids is 1. The van der Waals surface area contributed by atoms with Crippen LogP contribution in [0.2, 0.25) is 0 Å². The van der Waals surface area contributed by atoms with Crippen molar-refractivity contribution in [2.24, 2.45) is 28.9 Å². The summed E-state index contributed by atoms with van der Waals surface area (Å²) in [4.78, 5) is 61.1. The van der Waals surface area contributed by atoms with Crippen molar-refractivity contribution in [1.82, 2.24) is 16.0 Å². The molecule has 0 saturated carbocycles. The molecule has 0 radical (unpaired) electrons. The Morgan fingerprint density at radius 3 is 1.62 bits per heavy atom. The molecule has 0 aromatic carbocycles. The summed E-state index contributed by atoms with van der Waals surface area (Å²) in [6, 6.07) is -4.53. The maximum atomic E-state index is 12.9. The van der Waals surface area contributed by atoms with Crippen molar-refractivity contribution in [3.8, 4) is 0 Å². The van der Waals surface area contributed by atoms with Crippen molar-refractivity contribution in [3.05, 3.63) is 0 Å². The van der Waals surface area contributed by atoms with E-state index in [1.165, 1.54) is 0 Å². The van der Waals surface area contributed by atoms with E-state index in [0.717, 1.165) is 0 Å². The average molecular weight is 488 g/mol. The number of carboxylic acid groups (broad SMARTS) is 1. The number of unbranched alkanes of at least 4 members (excludes halogenated alkanes) is 2. The number of nitrogens with one attached hydrogen (secondary N) is 3. The SMILES string of the molecule is CC(C)C(N)C(=O)NC(CCCCN)C(=O)NC(CC(N)=O)C(=O)NC(CCCCN)C(=O)O. The van der Waals surface area contributed by atoms with E-state index in [-0.39, 0.29) is 18.8 Å². The van der Waals surface area contributed by atoms with E-state index in [1.54, 1.807) is 13.8 Å². The van der Waals surface area contributed by atoms with Crippen LogP contribution in [-0.4, -0.2) is 72.0 Å². The Balaban J connectivity index is 5.47. The van der Waals surface area contributed by atoms with Gasteiger partial charge in [0.15, 0.2) is 0 Å². The molecule has 0 bridgehead atoms. The molecule has 0 aliphatic rings. The normalized spacial score (nSPS) is 14.5. The molecule has 13 heteroatoms. The van der Waals surface area contributed by atoms with Crippen LogP contribution in [0, 0.1) is 5.92 Å². The van der Waals surface area contributed by atoms with Crippen molar-refractivity contribution in [2.75, 3.05) is 13.1 Å². The number of nitrogens with two attached hydrogens (primary N) is 4. The lowest BCUT2D eigenvalue weighted by Gasteiger charge is -2.25. The number of primary amides is 1. The lowest BCUT2D eigenvalue weighted by atomic mass is 10.0. The summed E-state index contributed by atoms with van der Waals surface area (Å²) < 4.78 is 0. The first-order valence-electron chi connectivity index (χ1n) is 11.5. The summed E-state index contributed by atoms with van der Waals surface area (Å²) in [6.07, 6.45) is 1.95. The van der Waals surface area contributed by atoms with Crippen molar-refractivity contribution in [1.29, 1.82) is 0 Å². The fourth-order valence-electron chi connectivity index (χ4n) is 3.04. The Morgan fingerprint density at radius 1 is 0.735 bits per heavy atom. The van der Waals surface area contributed by atoms with Gasteiger partial charge in [0.05, 0.1) is 12.5 Å². The van der Waals surface area contributed by atoms with Gasteiger partial charge < -0.3 is 44.0 Å². The van der Waals surface area contributed by atoms with Gasteiger partial charge in [-0.2, -0.15) is 0 Å². The van der Waals surface area contributed by atoms with Gasteiger partial charge in [-0.3, -0.25) is 19.2 Å². The van der Waals surface area contributed by atoms with Crippen LogP contribution >= 0.6 is 0 Å². The van der Waals surface area contributed by atoms with Gasteiger partial charge >= 0.3 is 5.97 Å². The molecule has 0 saturated heterocycles. The van der Waals surface area contributed by atoms with Crippen LogP contribution in [0.15, 0.2) is 0 Å². The highest BCUT2D eigenvalue weighted by Gasteiger charge is 2.31. The molecule has 0 aliphatic heterocycles. The van der Waals surface area contributed by atoms with Crippen LogP contribution in [0.4, 0.5) is 0 Å². The molecular weight excluding hydrogens is 446 g/mol. The maximum absolute atomic E-state index is 12.9. The molecule has 0 heterocycles. The van der Waals surface area contributed by atoms with E-state index in [1.807, 2.05) is 0 Å². The second-order valence-corrected chi connectivity index (χ2v) is 8.53. The van der Waals surface area contributed by atoms with E-state index in [4.69, 9.17) is 22.9 Å². The van der Waals surface area contributed by atoms with Gasteiger partial charge in [0.1, 0.15) is 18.1 Å². The fourth-order valence-corrected chi connectivity index (χ4v) is 3.04. The second-order valence-electron chi connectivity index (χ2n) is 8.53. The number of amides is 4. The van der Waals surface area contributed by atoms with Gasteiger partial charge in [0.25, 0.3) is 0 Å². The highest BCUT2D eigenvalue weighted by Crippen LogP contribution is 2.07. The number of carbonyl (C=O) groups excluding carboxylic acids is 4. The summed E-state index contributed by atoms with van der Waals surface area (Å²) in [7, 11) is 0. The lowest BCUT2D eigenvalue weighted by Crippen LogP contribution is -2.58. The standard InChI is InChI=1S/C21H41N7O6/c1-12(2)17(25)20(32)26-13(7-3-5-9-22)18(30)28-15(11-16(24)29)19(31)27-14(21(33)34)8-4-6-10-23/h12-15,17H,3-11,22-23,25H2,1-2H3,(H2,24,29)(H,26,32)(H,27,31)(H,28,30)(H,33,34). The van der Waals surface area contributed by atoms with E-state index in [9.17, 15) is 29.1 Å². The molecule has 4 amide bonds. The first kappa shape index (κ1) is 31.2. The van der Waals surface area contributed by atoms with E-state index in [2.05, 4.69) is 16.0 Å². The zero-order chi connectivity index (χ0) is 26.3. The minimum atomic E-state index is -1.42. The van der Waals surface area contributed by atoms with Gasteiger partial charge in [0.2, 0.25) is 23.6 Å². The predicted octanol–water partition coefficient (Wildman–Crippen LogP) is -2.36. The highest BCUT2D eigenvalue weighted by atomic mass is 16.4. The van der Waals surface area contributed by atoms with Crippen molar-refractivity contribution < 1.29 is 29.1 Å². The molecule has 13 nitrogen and oxygen atoms in total. The molecule has 4 unspecified atom stereocenters. The number of hydrogen-bond donors (Lipinski definition) is 8. The minimum absolute atomic E-state index is 0.125. The summed E-state index contributed by atoms with van der Waals surface area (Å²) >= 11 is 0. The molecule has 34 heavy (non-hydrogen) atoms. The smallest absolute Gasteiger partial charge is 0.326 e. The Morgan fingerprint density at radius 2 is 1.18 bits per heavy atom. The molecule has 4 atom stereocenters. The van der Waals surface area contributed by atoms with Gasteiger partial charge in [-0.1, -0.05) is 13.8 Å². The van der Waals surface area contributed by atoms with Crippen molar-refractivity contribution >= 4 is 29.6 Å². The summed E-state index contributed by atoms with van der Waals surface area (Å²) in [6.45, 7) is 4.28. The average Bonchev–Trinajstić information content (AvgIpc) is 2.76. The summed E-state index contributed by atoms with van der Waals surface area (Å²) in [5, 5.41) is 16.7. The molecule has 12 N–H and O–H groups in total. The van der Waals surface area contributed by atoms with Crippen molar-refractivity contribution in [3.63, 3.8) is 0 Å². The minimum Gasteiger partial charge on any atom is -0.480 e. The monoisotopic (exact) mass is 487 g/mol. The molecule has 0 rings (SSSR count). The van der Waals surface area contributed by atoms with Crippen LogP contribution in [0.5, 0.6) is 0 Å². The number of carbonyl (C=O) groups is 5. The molecule has 0 aromatic rings. The third-order valence-corrected chi connectivity index (χ3v) is 5.20. The Bertz CT molecular complexity index is 689. The predicted molar refractivity (Wildman–Crippen MR) is 126 cm³/mol. The third-order valence-electron chi connectivity index (χ3n) is 5.20. The van der Waals surface area contributed by atoms with Gasteiger partial charge in [-0.25, -0.2) is 4.79 Å². The fraction of sp³-hybridized carbons (Fsp3) is 0.762. The van der Waals surface area contributed by atoms with Crippen molar-refractivity contribution in [2.45, 2.75) is 83.0 Å². The first-order chi connectivity index (χ1) is 15.9. The molecule has 0 spiro atoms. The highest BCUT2D eigenvalue weighted by molar-refractivity contribution is 5.96. The zero-order valence-corrected chi connectivity index (χ0v) is 20.0. The topological polar surface area (TPSA) is 246 Å². The summed E-state index contributed by atoms with van der Waals surface area (Å²) in [5.74, 6) is -4.45. The van der Waals surface area contributed by atoms with E-state index < -0.39 is 60.2 Å². The maximum Gasteiger partial charge on any atom is 0.326 e. The quantitative estimate of drug-likeness (QED) is 0.0962. The molecule has 0 fully saturated rings. The molecule has 196 valence electrons. The Hall–Kier alpha value is -2.77. The van der Waals surface area contributed by atoms with Crippen LogP contribution in [0.1, 0.15) is 58.8 Å². The Kier molecular flexibility index (Phi) is 15.4. The van der Waals surface area contributed by atoms with Crippen LogP contribution < -0.4 is 38.9 Å². The zero-order valence-electron chi connectivity index (χ0n) is 20.0. The van der Waals surface area contributed by atoms with Gasteiger partial charge in [0, 0.05) is 0 Å². The van der Waals surface area contributed by atoms with E-state index in [0.29, 0.717) is 38.8 Å². The third kappa shape index (κ3) is 12.5. The van der Waals surface area contributed by atoms with Crippen LogP contribution in [0.3, 0.4) is 0 Å². The summed E-state index contributed by atoms with van der Waals surface area (Å²) in [5.41, 5.74) is 22.0. The number of rotatable bonds is 18. The van der Waals surface area contributed by atoms with Gasteiger partial charge in [-0.15, -0.1) is 0 Å². The van der Waals surface area contributed by atoms with Gasteiger partial charge in [-0.05, 0) is 57.5 Å². The first-order valence-corrected chi connectivity index (χ1v) is 11.5. The molecule has 0 aromatic heterocycles.